The molecule has 0 spiro atoms. The fraction of sp³-hybridized carbons (Fsp3) is 0.188. The number of primary amides is 1. The number of ether oxygens (including phenoxy) is 1. The second kappa shape index (κ2) is 7.38. The Bertz CT molecular complexity index is 973. The highest BCUT2D eigenvalue weighted by Gasteiger charge is 2.15. The van der Waals surface area contributed by atoms with E-state index in [1.54, 1.807) is 18.2 Å². The van der Waals surface area contributed by atoms with Crippen LogP contribution >= 0.6 is 27.5 Å². The van der Waals surface area contributed by atoms with Crippen LogP contribution in [0.4, 0.5) is 5.69 Å². The van der Waals surface area contributed by atoms with Crippen molar-refractivity contribution in [1.82, 2.24) is 9.97 Å². The van der Waals surface area contributed by atoms with Crippen molar-refractivity contribution < 1.29 is 14.3 Å². The molecule has 0 radical (unpaired) electrons. The summed E-state index contributed by atoms with van der Waals surface area (Å²) in [7, 11) is 0. The predicted octanol–water partition coefficient (Wildman–Crippen LogP) is 2.77. The van der Waals surface area contributed by atoms with E-state index in [0.717, 1.165) is 10.9 Å². The van der Waals surface area contributed by atoms with Gasteiger partial charge in [-0.25, -0.2) is 4.98 Å². The molecule has 4 N–H and O–H groups in total. The Labute approximate surface area is 156 Å². The number of nitrogens with two attached hydrogens (primary N) is 1. The number of hydrogen-bond donors (Lipinski definition) is 3. The van der Waals surface area contributed by atoms with Crippen molar-refractivity contribution >= 4 is 67.0 Å². The number of carbonyl (C=O) groups excluding carboxylic acids is 2. The van der Waals surface area contributed by atoms with E-state index >= 15 is 0 Å². The Morgan fingerprint density at radius 1 is 1.36 bits per heavy atom. The molecule has 9 heteroatoms. The lowest BCUT2D eigenvalue weighted by Crippen LogP contribution is -2.18. The molecule has 7 nitrogen and oxygen atoms in total. The van der Waals surface area contributed by atoms with E-state index in [1.165, 1.54) is 0 Å². The molecule has 0 saturated carbocycles. The molecule has 2 amide bonds. The molecular weight excluding hydrogens is 412 g/mol. The first-order chi connectivity index (χ1) is 12.0. The van der Waals surface area contributed by atoms with Crippen molar-refractivity contribution in [2.45, 2.75) is 0 Å². The number of pyridine rings is 1. The normalized spacial score (nSPS) is 11.1. The summed E-state index contributed by atoms with van der Waals surface area (Å²) in [6, 6.07) is 6.89. The number of halogens is 2. The first kappa shape index (κ1) is 17.7. The second-order valence-corrected chi connectivity index (χ2v) is 6.45. The number of aromatic amines is 1. The van der Waals surface area contributed by atoms with Gasteiger partial charge in [0.1, 0.15) is 11.2 Å². The molecule has 0 bridgehead atoms. The van der Waals surface area contributed by atoms with E-state index < -0.39 is 5.91 Å². The lowest BCUT2D eigenvalue weighted by Gasteiger charge is -2.05. The number of amides is 2. The maximum absolute atomic E-state index is 11.8. The van der Waals surface area contributed by atoms with Crippen LogP contribution in [-0.2, 0) is 9.53 Å². The van der Waals surface area contributed by atoms with E-state index in [1.807, 2.05) is 6.07 Å². The largest absolute Gasteiger partial charge is 0.370 e. The van der Waals surface area contributed by atoms with Crippen molar-refractivity contribution in [2.24, 2.45) is 5.73 Å². The van der Waals surface area contributed by atoms with Crippen molar-refractivity contribution in [3.8, 4) is 0 Å². The molecule has 2 aromatic heterocycles. The molecule has 130 valence electrons. The number of hydrogen-bond acceptors (Lipinski definition) is 4. The van der Waals surface area contributed by atoms with Gasteiger partial charge in [-0.1, -0.05) is 0 Å². The van der Waals surface area contributed by atoms with Crippen LogP contribution in [-0.4, -0.2) is 40.9 Å². The topological polar surface area (TPSA) is 110 Å². The monoisotopic (exact) mass is 424 g/mol. The minimum atomic E-state index is -0.551. The van der Waals surface area contributed by atoms with Gasteiger partial charge in [-0.3, -0.25) is 9.59 Å². The fourth-order valence-electron chi connectivity index (χ4n) is 2.51. The summed E-state index contributed by atoms with van der Waals surface area (Å²) in [5.41, 5.74) is 8.28. The lowest BCUT2D eigenvalue weighted by molar-refractivity contribution is -0.120. The van der Waals surface area contributed by atoms with E-state index in [4.69, 9.17) is 22.1 Å². The van der Waals surface area contributed by atoms with Gasteiger partial charge in [-0.15, -0.1) is 11.6 Å². The van der Waals surface area contributed by atoms with E-state index in [9.17, 15) is 9.59 Å². The molecule has 0 aliphatic rings. The van der Waals surface area contributed by atoms with Crippen molar-refractivity contribution in [2.75, 3.05) is 24.4 Å². The molecule has 0 aliphatic heterocycles. The molecule has 0 aliphatic carbocycles. The summed E-state index contributed by atoms with van der Waals surface area (Å²) < 4.78 is 5.61. The number of nitrogens with one attached hydrogen (secondary N) is 2. The summed E-state index contributed by atoms with van der Waals surface area (Å²) in [4.78, 5) is 31.0. The van der Waals surface area contributed by atoms with Gasteiger partial charge in [0.15, 0.2) is 0 Å². The first-order valence-electron chi connectivity index (χ1n) is 7.35. The smallest absolute Gasteiger partial charge is 0.250 e. The lowest BCUT2D eigenvalue weighted by atomic mass is 10.1. The molecule has 0 saturated heterocycles. The SMILES string of the molecule is NC(=O)c1cc(Br)nc2c1[nH]c1cc(NC(=O)COCCCl)ccc12. The van der Waals surface area contributed by atoms with Crippen LogP contribution in [0.25, 0.3) is 21.9 Å². The number of aromatic nitrogens is 2. The highest BCUT2D eigenvalue weighted by molar-refractivity contribution is 9.10. The van der Waals surface area contributed by atoms with Gasteiger partial charge in [-0.05, 0) is 40.2 Å². The summed E-state index contributed by atoms with van der Waals surface area (Å²) in [6.07, 6.45) is 0. The average Bonchev–Trinajstić information content (AvgIpc) is 2.91. The maximum atomic E-state index is 11.8. The third kappa shape index (κ3) is 3.76. The molecule has 0 atom stereocenters. The average molecular weight is 426 g/mol. The molecule has 2 heterocycles. The van der Waals surface area contributed by atoms with Gasteiger partial charge in [0.05, 0.1) is 28.7 Å². The first-order valence-corrected chi connectivity index (χ1v) is 8.67. The molecule has 25 heavy (non-hydrogen) atoms. The minimum absolute atomic E-state index is 0.0716. The number of benzene rings is 1. The van der Waals surface area contributed by atoms with Crippen molar-refractivity contribution in [3.05, 3.63) is 34.4 Å². The molecule has 3 rings (SSSR count). The van der Waals surface area contributed by atoms with Crippen LogP contribution in [0.2, 0.25) is 0 Å². The number of anilines is 1. The quantitative estimate of drug-likeness (QED) is 0.320. The number of fused-ring (bicyclic) bond motifs is 3. The molecule has 1 aromatic carbocycles. The van der Waals surface area contributed by atoms with Gasteiger partial charge < -0.3 is 20.8 Å². The number of nitrogens with zero attached hydrogens (tertiary/aromatic N) is 1. The zero-order valence-corrected chi connectivity index (χ0v) is 15.3. The third-order valence-electron chi connectivity index (χ3n) is 3.53. The summed E-state index contributed by atoms with van der Waals surface area (Å²) in [5.74, 6) is -0.497. The van der Waals surface area contributed by atoms with Crippen LogP contribution < -0.4 is 11.1 Å². The van der Waals surface area contributed by atoms with Crippen LogP contribution in [0.5, 0.6) is 0 Å². The van der Waals surface area contributed by atoms with Crippen LogP contribution in [0.3, 0.4) is 0 Å². The molecule has 3 aromatic rings. The predicted molar refractivity (Wildman–Crippen MR) is 100.0 cm³/mol. The minimum Gasteiger partial charge on any atom is -0.370 e. The third-order valence-corrected chi connectivity index (χ3v) is 4.09. The second-order valence-electron chi connectivity index (χ2n) is 5.26. The number of alkyl halides is 1. The van der Waals surface area contributed by atoms with Gasteiger partial charge in [-0.2, -0.15) is 0 Å². The Balaban J connectivity index is 1.96. The van der Waals surface area contributed by atoms with Gasteiger partial charge in [0, 0.05) is 17.0 Å². The number of H-pyrrole nitrogens is 1. The van der Waals surface area contributed by atoms with E-state index in [2.05, 4.69) is 31.2 Å². The number of rotatable bonds is 6. The van der Waals surface area contributed by atoms with Gasteiger partial charge in [0.25, 0.3) is 5.91 Å². The zero-order valence-electron chi connectivity index (χ0n) is 12.9. The molecule has 0 unspecified atom stereocenters. The van der Waals surface area contributed by atoms with E-state index in [-0.39, 0.29) is 12.5 Å². The Morgan fingerprint density at radius 2 is 2.16 bits per heavy atom. The summed E-state index contributed by atoms with van der Waals surface area (Å²) in [6.45, 7) is 0.240. The van der Waals surface area contributed by atoms with Crippen LogP contribution in [0, 0.1) is 0 Å². The number of carbonyl (C=O) groups is 2. The van der Waals surface area contributed by atoms with Crippen LogP contribution in [0.15, 0.2) is 28.9 Å². The zero-order chi connectivity index (χ0) is 18.0. The Hall–Kier alpha value is -2.16. The van der Waals surface area contributed by atoms with E-state index in [0.29, 0.717) is 39.4 Å². The Kier molecular flexibility index (Phi) is 5.22. The van der Waals surface area contributed by atoms with Crippen molar-refractivity contribution in [1.29, 1.82) is 0 Å². The Morgan fingerprint density at radius 3 is 2.88 bits per heavy atom. The standard InChI is InChI=1S/C16H14BrClN4O3/c17-12-6-10(16(19)24)15-14(22-12)9-2-1-8(5-11(9)21-15)20-13(23)7-25-4-3-18/h1-2,5-6,21H,3-4,7H2,(H2,19,24)(H,20,23). The maximum Gasteiger partial charge on any atom is 0.250 e. The van der Waals surface area contributed by atoms with Crippen molar-refractivity contribution in [3.63, 3.8) is 0 Å². The highest BCUT2D eigenvalue weighted by atomic mass is 79.9. The molecule has 0 fully saturated rings. The van der Waals surface area contributed by atoms with Gasteiger partial charge >= 0.3 is 0 Å². The van der Waals surface area contributed by atoms with Gasteiger partial charge in [0.2, 0.25) is 5.91 Å². The highest BCUT2D eigenvalue weighted by Crippen LogP contribution is 2.29. The summed E-state index contributed by atoms with van der Waals surface area (Å²) >= 11 is 8.78. The summed E-state index contributed by atoms with van der Waals surface area (Å²) in [5, 5.41) is 3.55. The molecular formula is C16H14BrClN4O3. The van der Waals surface area contributed by atoms with Crippen LogP contribution in [0.1, 0.15) is 10.4 Å². The fourth-order valence-corrected chi connectivity index (χ4v) is 3.03.